The maximum Gasteiger partial charge on any atom is 0.0510 e. The van der Waals surface area contributed by atoms with Crippen LogP contribution in [0.4, 0.5) is 0 Å². The van der Waals surface area contributed by atoms with E-state index in [0.717, 1.165) is 31.6 Å². The van der Waals surface area contributed by atoms with E-state index < -0.39 is 0 Å². The van der Waals surface area contributed by atoms with Gasteiger partial charge in [-0.05, 0) is 18.3 Å². The summed E-state index contributed by atoms with van der Waals surface area (Å²) in [6.45, 7) is 9.78. The molecular formula is C12H24N2O. The van der Waals surface area contributed by atoms with Gasteiger partial charge in [0.05, 0.1) is 6.61 Å². The molecule has 0 aromatic rings. The summed E-state index contributed by atoms with van der Waals surface area (Å²) >= 11 is 0. The van der Waals surface area contributed by atoms with Gasteiger partial charge in [-0.2, -0.15) is 0 Å². The first-order valence-corrected chi connectivity index (χ1v) is 6.24. The molecule has 0 radical (unpaired) electrons. The third-order valence-electron chi connectivity index (χ3n) is 4.24. The zero-order chi connectivity index (χ0) is 10.8. The molecule has 15 heavy (non-hydrogen) atoms. The van der Waals surface area contributed by atoms with Crippen molar-refractivity contribution in [3.05, 3.63) is 0 Å². The summed E-state index contributed by atoms with van der Waals surface area (Å²) in [6.07, 6.45) is 1.20. The van der Waals surface area contributed by atoms with Gasteiger partial charge in [-0.25, -0.2) is 0 Å². The summed E-state index contributed by atoms with van der Waals surface area (Å²) in [5.41, 5.74) is 5.93. The Balaban J connectivity index is 1.94. The predicted molar refractivity (Wildman–Crippen MR) is 61.7 cm³/mol. The van der Waals surface area contributed by atoms with Crippen LogP contribution in [0.15, 0.2) is 0 Å². The molecule has 4 atom stereocenters. The highest BCUT2D eigenvalue weighted by Crippen LogP contribution is 2.28. The molecule has 0 aromatic heterocycles. The molecule has 2 fully saturated rings. The van der Waals surface area contributed by atoms with E-state index in [4.69, 9.17) is 10.5 Å². The Kier molecular flexibility index (Phi) is 3.65. The molecule has 88 valence electrons. The molecule has 3 nitrogen and oxygen atoms in total. The van der Waals surface area contributed by atoms with E-state index in [1.165, 1.54) is 19.5 Å². The number of nitrogens with two attached hydrogens (primary N) is 1. The largest absolute Gasteiger partial charge is 0.381 e. The molecular weight excluding hydrogens is 188 g/mol. The Morgan fingerprint density at radius 3 is 2.47 bits per heavy atom. The second-order valence-electron chi connectivity index (χ2n) is 5.34. The fourth-order valence-corrected chi connectivity index (χ4v) is 2.94. The van der Waals surface area contributed by atoms with Crippen LogP contribution in [0.25, 0.3) is 0 Å². The van der Waals surface area contributed by atoms with E-state index in [1.54, 1.807) is 0 Å². The van der Waals surface area contributed by atoms with E-state index in [1.807, 2.05) is 0 Å². The minimum atomic E-state index is 0.555. The fraction of sp³-hybridized carbons (Fsp3) is 1.00. The van der Waals surface area contributed by atoms with E-state index in [9.17, 15) is 0 Å². The van der Waals surface area contributed by atoms with Gasteiger partial charge in [-0.3, -0.25) is 4.90 Å². The number of hydrogen-bond acceptors (Lipinski definition) is 3. The standard InChI is InChI=1S/C12H24N2O/c1-9-6-14(7-10(9)2)12(5-13)11-3-4-15-8-11/h9-12H,3-8,13H2,1-2H3. The van der Waals surface area contributed by atoms with Gasteiger partial charge in [0.1, 0.15) is 0 Å². The van der Waals surface area contributed by atoms with Crippen LogP contribution in [0.1, 0.15) is 20.3 Å². The molecule has 2 N–H and O–H groups in total. The minimum Gasteiger partial charge on any atom is -0.381 e. The molecule has 0 bridgehead atoms. The van der Waals surface area contributed by atoms with Gasteiger partial charge in [0.25, 0.3) is 0 Å². The van der Waals surface area contributed by atoms with Crippen molar-refractivity contribution >= 4 is 0 Å². The average molecular weight is 212 g/mol. The minimum absolute atomic E-state index is 0.555. The van der Waals surface area contributed by atoms with Crippen molar-refractivity contribution < 1.29 is 4.74 Å². The summed E-state index contributed by atoms with van der Waals surface area (Å²) < 4.78 is 5.47. The summed E-state index contributed by atoms with van der Waals surface area (Å²) in [6, 6.07) is 0.555. The Labute approximate surface area is 93.0 Å². The highest BCUT2D eigenvalue weighted by atomic mass is 16.5. The summed E-state index contributed by atoms with van der Waals surface area (Å²) in [4.78, 5) is 2.59. The van der Waals surface area contributed by atoms with E-state index in [0.29, 0.717) is 12.0 Å². The van der Waals surface area contributed by atoms with Crippen LogP contribution < -0.4 is 5.73 Å². The second kappa shape index (κ2) is 4.81. The highest BCUT2D eigenvalue weighted by molar-refractivity contribution is 4.89. The van der Waals surface area contributed by atoms with Crippen LogP contribution in [0.2, 0.25) is 0 Å². The first kappa shape index (κ1) is 11.4. The first-order chi connectivity index (χ1) is 7.22. The van der Waals surface area contributed by atoms with Gasteiger partial charge in [0.2, 0.25) is 0 Å². The Bertz CT molecular complexity index is 194. The molecule has 0 aliphatic carbocycles. The average Bonchev–Trinajstić information content (AvgIpc) is 2.80. The maximum atomic E-state index is 5.93. The van der Waals surface area contributed by atoms with Gasteiger partial charge in [0, 0.05) is 38.2 Å². The van der Waals surface area contributed by atoms with Gasteiger partial charge in [0.15, 0.2) is 0 Å². The summed E-state index contributed by atoms with van der Waals surface area (Å²) in [5, 5.41) is 0. The molecule has 0 spiro atoms. The zero-order valence-electron chi connectivity index (χ0n) is 9.98. The van der Waals surface area contributed by atoms with Crippen molar-refractivity contribution in [2.24, 2.45) is 23.5 Å². The topological polar surface area (TPSA) is 38.5 Å². The molecule has 4 unspecified atom stereocenters. The monoisotopic (exact) mass is 212 g/mol. The van der Waals surface area contributed by atoms with Crippen molar-refractivity contribution in [2.75, 3.05) is 32.8 Å². The van der Waals surface area contributed by atoms with Crippen LogP contribution in [-0.4, -0.2) is 43.8 Å². The van der Waals surface area contributed by atoms with Crippen molar-refractivity contribution in [1.29, 1.82) is 0 Å². The normalized spacial score (nSPS) is 39.8. The van der Waals surface area contributed by atoms with Crippen molar-refractivity contribution in [3.8, 4) is 0 Å². The van der Waals surface area contributed by atoms with Gasteiger partial charge in [-0.1, -0.05) is 13.8 Å². The van der Waals surface area contributed by atoms with Crippen molar-refractivity contribution in [2.45, 2.75) is 26.3 Å². The summed E-state index contributed by atoms with van der Waals surface area (Å²) in [7, 11) is 0. The molecule has 3 heteroatoms. The van der Waals surface area contributed by atoms with Crippen molar-refractivity contribution in [3.63, 3.8) is 0 Å². The third kappa shape index (κ3) is 2.35. The third-order valence-corrected chi connectivity index (χ3v) is 4.24. The van der Waals surface area contributed by atoms with Gasteiger partial charge < -0.3 is 10.5 Å². The molecule has 2 heterocycles. The molecule has 0 amide bonds. The predicted octanol–water partition coefficient (Wildman–Crippen LogP) is 0.938. The molecule has 2 rings (SSSR count). The maximum absolute atomic E-state index is 5.93. The van der Waals surface area contributed by atoms with Crippen LogP contribution in [-0.2, 0) is 4.74 Å². The Morgan fingerprint density at radius 1 is 1.33 bits per heavy atom. The molecule has 0 aromatic carbocycles. The number of hydrogen-bond donors (Lipinski definition) is 1. The molecule has 2 saturated heterocycles. The fourth-order valence-electron chi connectivity index (χ4n) is 2.94. The van der Waals surface area contributed by atoms with Crippen LogP contribution in [0.5, 0.6) is 0 Å². The lowest BCUT2D eigenvalue weighted by Crippen LogP contribution is -2.44. The van der Waals surface area contributed by atoms with Crippen LogP contribution in [0.3, 0.4) is 0 Å². The highest BCUT2D eigenvalue weighted by Gasteiger charge is 2.35. The molecule has 2 aliphatic heterocycles. The van der Waals surface area contributed by atoms with Crippen molar-refractivity contribution in [1.82, 2.24) is 4.90 Å². The number of ether oxygens (including phenoxy) is 1. The summed E-state index contributed by atoms with van der Waals surface area (Å²) in [5.74, 6) is 2.32. The lowest BCUT2D eigenvalue weighted by atomic mass is 9.98. The number of rotatable bonds is 3. The lowest BCUT2D eigenvalue weighted by Gasteiger charge is -2.31. The molecule has 2 aliphatic rings. The van der Waals surface area contributed by atoms with E-state index in [-0.39, 0.29) is 0 Å². The van der Waals surface area contributed by atoms with Gasteiger partial charge in [-0.15, -0.1) is 0 Å². The van der Waals surface area contributed by atoms with E-state index in [2.05, 4.69) is 18.7 Å². The smallest absolute Gasteiger partial charge is 0.0510 e. The van der Waals surface area contributed by atoms with Gasteiger partial charge >= 0.3 is 0 Å². The number of nitrogens with zero attached hydrogens (tertiary/aromatic N) is 1. The number of likely N-dealkylation sites (tertiary alicyclic amines) is 1. The van der Waals surface area contributed by atoms with Crippen LogP contribution >= 0.6 is 0 Å². The quantitative estimate of drug-likeness (QED) is 0.756. The second-order valence-corrected chi connectivity index (χ2v) is 5.34. The van der Waals surface area contributed by atoms with E-state index >= 15 is 0 Å². The molecule has 0 saturated carbocycles. The Hall–Kier alpha value is -0.120. The lowest BCUT2D eigenvalue weighted by molar-refractivity contribution is 0.136. The first-order valence-electron chi connectivity index (χ1n) is 6.24. The SMILES string of the molecule is CC1CN(C(CN)C2CCOC2)CC1C. The Morgan fingerprint density at radius 2 is 2.00 bits per heavy atom. The van der Waals surface area contributed by atoms with Crippen LogP contribution in [0, 0.1) is 17.8 Å². The zero-order valence-corrected chi connectivity index (χ0v) is 9.98.